The van der Waals surface area contributed by atoms with E-state index in [1.807, 2.05) is 49.9 Å². The second kappa shape index (κ2) is 7.54. The molecule has 0 bridgehead atoms. The molecule has 1 fully saturated rings. The number of carbonyl (C=O) groups excluding carboxylic acids is 2. The lowest BCUT2D eigenvalue weighted by atomic mass is 9.88. The minimum absolute atomic E-state index is 0.149. The highest BCUT2D eigenvalue weighted by atomic mass is 35.5. The molecule has 152 valence electrons. The molecule has 3 rings (SSSR count). The summed E-state index contributed by atoms with van der Waals surface area (Å²) in [6.45, 7) is 7.25. The van der Waals surface area contributed by atoms with Gasteiger partial charge >= 0.3 is 6.03 Å². The number of ether oxygens (including phenoxy) is 1. The highest BCUT2D eigenvalue weighted by molar-refractivity contribution is 6.33. The van der Waals surface area contributed by atoms with Crippen molar-refractivity contribution in [3.63, 3.8) is 0 Å². The van der Waals surface area contributed by atoms with Crippen LogP contribution in [0.15, 0.2) is 29.4 Å². The molecule has 2 aliphatic heterocycles. The zero-order chi connectivity index (χ0) is 20.6. The summed E-state index contributed by atoms with van der Waals surface area (Å²) in [4.78, 5) is 28.7. The molecule has 1 aromatic rings. The number of nitrogens with zero attached hydrogens (tertiary/aromatic N) is 2. The number of fused-ring (bicyclic) bond motifs is 1. The van der Waals surface area contributed by atoms with Crippen molar-refractivity contribution in [2.45, 2.75) is 32.4 Å². The van der Waals surface area contributed by atoms with Crippen LogP contribution in [0.25, 0.3) is 5.57 Å². The Balaban J connectivity index is 1.88. The molecule has 0 aromatic heterocycles. The van der Waals surface area contributed by atoms with E-state index in [0.29, 0.717) is 30.4 Å². The fraction of sp³-hybridized carbons (Fsp3) is 0.500. The van der Waals surface area contributed by atoms with Crippen LogP contribution in [0.5, 0.6) is 5.75 Å². The SMILES string of the molecule is COc1ccc(C2=C(Cl)N3CCN(C(=O)NC(C)(C)C)CC3C2C(N)=O)cc1. The second-order valence-corrected chi connectivity index (χ2v) is 8.56. The number of methoxy groups -OCH3 is 1. The van der Waals surface area contributed by atoms with Crippen molar-refractivity contribution >= 4 is 29.1 Å². The molecule has 0 radical (unpaired) electrons. The summed E-state index contributed by atoms with van der Waals surface area (Å²) in [5.41, 5.74) is 6.97. The number of benzene rings is 1. The molecule has 7 nitrogen and oxygen atoms in total. The third-order valence-electron chi connectivity index (χ3n) is 5.07. The Morgan fingerprint density at radius 1 is 1.21 bits per heavy atom. The van der Waals surface area contributed by atoms with Gasteiger partial charge in [0.25, 0.3) is 0 Å². The maximum absolute atomic E-state index is 12.6. The van der Waals surface area contributed by atoms with E-state index in [4.69, 9.17) is 22.1 Å². The Hall–Kier alpha value is -2.41. The molecule has 0 spiro atoms. The van der Waals surface area contributed by atoms with Crippen LogP contribution >= 0.6 is 11.6 Å². The largest absolute Gasteiger partial charge is 0.497 e. The Kier molecular flexibility index (Phi) is 5.48. The number of nitrogens with two attached hydrogens (primary N) is 1. The van der Waals surface area contributed by atoms with Crippen LogP contribution in [0.1, 0.15) is 26.3 Å². The molecule has 2 heterocycles. The molecule has 3 N–H and O–H groups in total. The Bertz CT molecular complexity index is 801. The molecule has 1 aromatic carbocycles. The molecule has 28 heavy (non-hydrogen) atoms. The predicted octanol–water partition coefficient (Wildman–Crippen LogP) is 2.21. The van der Waals surface area contributed by atoms with Gasteiger partial charge in [-0.1, -0.05) is 23.7 Å². The van der Waals surface area contributed by atoms with Gasteiger partial charge in [-0.05, 0) is 38.5 Å². The van der Waals surface area contributed by atoms with Gasteiger partial charge in [0.2, 0.25) is 5.91 Å². The van der Waals surface area contributed by atoms with Crippen LogP contribution in [0.2, 0.25) is 0 Å². The van der Waals surface area contributed by atoms with Crippen LogP contribution in [-0.4, -0.2) is 60.1 Å². The highest BCUT2D eigenvalue weighted by Crippen LogP contribution is 2.43. The lowest BCUT2D eigenvalue weighted by molar-refractivity contribution is -0.121. The maximum Gasteiger partial charge on any atom is 0.317 e. The van der Waals surface area contributed by atoms with E-state index in [1.54, 1.807) is 12.0 Å². The molecule has 0 saturated carbocycles. The van der Waals surface area contributed by atoms with Crippen molar-refractivity contribution in [3.05, 3.63) is 35.0 Å². The fourth-order valence-electron chi connectivity index (χ4n) is 3.80. The predicted molar refractivity (Wildman–Crippen MR) is 109 cm³/mol. The molecule has 2 unspecified atom stereocenters. The molecule has 3 amide bonds. The van der Waals surface area contributed by atoms with Crippen LogP contribution < -0.4 is 15.8 Å². The Morgan fingerprint density at radius 2 is 1.86 bits per heavy atom. The summed E-state index contributed by atoms with van der Waals surface area (Å²) >= 11 is 6.68. The zero-order valence-electron chi connectivity index (χ0n) is 16.7. The summed E-state index contributed by atoms with van der Waals surface area (Å²) in [5.74, 6) is -0.322. The number of halogens is 1. The van der Waals surface area contributed by atoms with Gasteiger partial charge in [0.1, 0.15) is 10.9 Å². The number of carbonyl (C=O) groups is 2. The zero-order valence-corrected chi connectivity index (χ0v) is 17.4. The number of hydrogen-bond acceptors (Lipinski definition) is 4. The molecule has 8 heteroatoms. The number of piperazine rings is 1. The summed E-state index contributed by atoms with van der Waals surface area (Å²) in [6.07, 6.45) is 0. The van der Waals surface area contributed by atoms with Gasteiger partial charge in [0.05, 0.1) is 19.1 Å². The average molecular weight is 407 g/mol. The van der Waals surface area contributed by atoms with Crippen molar-refractivity contribution in [1.82, 2.24) is 15.1 Å². The molecule has 1 saturated heterocycles. The average Bonchev–Trinajstić information content (AvgIpc) is 2.92. The third kappa shape index (κ3) is 3.90. The number of rotatable bonds is 3. The first kappa shape index (κ1) is 20.3. The molecule has 2 atom stereocenters. The Morgan fingerprint density at radius 3 is 2.39 bits per heavy atom. The van der Waals surface area contributed by atoms with E-state index in [2.05, 4.69) is 5.32 Å². The van der Waals surface area contributed by atoms with Crippen molar-refractivity contribution in [2.75, 3.05) is 26.7 Å². The van der Waals surface area contributed by atoms with Crippen molar-refractivity contribution in [2.24, 2.45) is 11.7 Å². The van der Waals surface area contributed by atoms with Crippen molar-refractivity contribution < 1.29 is 14.3 Å². The first-order valence-electron chi connectivity index (χ1n) is 9.29. The summed E-state index contributed by atoms with van der Waals surface area (Å²) in [6, 6.07) is 6.96. The maximum atomic E-state index is 12.6. The van der Waals surface area contributed by atoms with E-state index in [0.717, 1.165) is 11.3 Å². The summed E-state index contributed by atoms with van der Waals surface area (Å²) < 4.78 is 5.21. The van der Waals surface area contributed by atoms with Gasteiger partial charge in [-0.25, -0.2) is 4.79 Å². The van der Waals surface area contributed by atoms with E-state index < -0.39 is 11.8 Å². The molecule has 0 aliphatic carbocycles. The molecular formula is C20H27ClN4O3. The van der Waals surface area contributed by atoms with Crippen LogP contribution in [0.4, 0.5) is 4.79 Å². The van der Waals surface area contributed by atoms with Gasteiger partial charge in [0.15, 0.2) is 0 Å². The topological polar surface area (TPSA) is 87.9 Å². The minimum atomic E-state index is -0.592. The monoisotopic (exact) mass is 406 g/mol. The standard InChI is InChI=1S/C20H27ClN4O3/c1-20(2,3)23-19(27)24-9-10-25-14(11-24)16(18(22)26)15(17(25)21)12-5-7-13(28-4)8-6-12/h5-8,14,16H,9-11H2,1-4H3,(H2,22,26)(H,23,27). The van der Waals surface area contributed by atoms with E-state index >= 15 is 0 Å². The number of amides is 3. The number of primary amides is 1. The van der Waals surface area contributed by atoms with Gasteiger partial charge < -0.3 is 25.6 Å². The first-order chi connectivity index (χ1) is 13.1. The lowest BCUT2D eigenvalue weighted by Crippen LogP contribution is -2.59. The smallest absolute Gasteiger partial charge is 0.317 e. The Labute approximate surface area is 170 Å². The van der Waals surface area contributed by atoms with Gasteiger partial charge in [-0.15, -0.1) is 0 Å². The third-order valence-corrected chi connectivity index (χ3v) is 5.49. The van der Waals surface area contributed by atoms with Crippen LogP contribution in [-0.2, 0) is 4.79 Å². The van der Waals surface area contributed by atoms with E-state index in [9.17, 15) is 9.59 Å². The van der Waals surface area contributed by atoms with Crippen LogP contribution in [0, 0.1) is 5.92 Å². The molecule has 2 aliphatic rings. The lowest BCUT2D eigenvalue weighted by Gasteiger charge is -2.41. The molecular weight excluding hydrogens is 380 g/mol. The van der Waals surface area contributed by atoms with E-state index in [-0.39, 0.29) is 17.6 Å². The van der Waals surface area contributed by atoms with E-state index in [1.165, 1.54) is 0 Å². The van der Waals surface area contributed by atoms with Gasteiger partial charge in [-0.3, -0.25) is 4.79 Å². The highest BCUT2D eigenvalue weighted by Gasteiger charge is 2.47. The normalized spacial score (nSPS) is 22.2. The number of nitrogens with one attached hydrogen (secondary N) is 1. The van der Waals surface area contributed by atoms with Crippen LogP contribution in [0.3, 0.4) is 0 Å². The van der Waals surface area contributed by atoms with Crippen molar-refractivity contribution in [1.29, 1.82) is 0 Å². The number of hydrogen-bond donors (Lipinski definition) is 2. The van der Waals surface area contributed by atoms with Gasteiger partial charge in [0, 0.05) is 30.7 Å². The van der Waals surface area contributed by atoms with Crippen molar-refractivity contribution in [3.8, 4) is 5.75 Å². The summed E-state index contributed by atoms with van der Waals surface area (Å²) in [5, 5.41) is 3.49. The minimum Gasteiger partial charge on any atom is -0.497 e. The fourth-order valence-corrected chi connectivity index (χ4v) is 4.24. The van der Waals surface area contributed by atoms with Gasteiger partial charge in [-0.2, -0.15) is 0 Å². The quantitative estimate of drug-likeness (QED) is 0.753. The second-order valence-electron chi connectivity index (χ2n) is 8.20. The first-order valence-corrected chi connectivity index (χ1v) is 9.67. The number of urea groups is 1. The summed E-state index contributed by atoms with van der Waals surface area (Å²) in [7, 11) is 1.60.